The monoisotopic (exact) mass is 267 g/mol. The lowest BCUT2D eigenvalue weighted by molar-refractivity contribution is 0.0984. The van der Waals surface area contributed by atoms with Crippen molar-refractivity contribution in [1.29, 1.82) is 0 Å². The first-order valence-corrected chi connectivity index (χ1v) is 6.94. The van der Waals surface area contributed by atoms with Crippen LogP contribution < -0.4 is 4.90 Å². The van der Waals surface area contributed by atoms with Crippen molar-refractivity contribution >= 4 is 11.5 Å². The molecule has 0 saturated carbocycles. The van der Waals surface area contributed by atoms with E-state index >= 15 is 0 Å². The third-order valence-corrected chi connectivity index (χ3v) is 3.41. The molecule has 0 N–H and O–H groups in total. The fourth-order valence-corrected chi connectivity index (χ4v) is 2.36. The van der Waals surface area contributed by atoms with Gasteiger partial charge in [-0.15, -0.1) is 0 Å². The third-order valence-electron chi connectivity index (χ3n) is 3.41. The summed E-state index contributed by atoms with van der Waals surface area (Å²) in [7, 11) is 2.02. The molecule has 0 fully saturated rings. The van der Waals surface area contributed by atoms with Crippen LogP contribution in [-0.2, 0) is 0 Å². The summed E-state index contributed by atoms with van der Waals surface area (Å²) < 4.78 is 0. The van der Waals surface area contributed by atoms with Crippen LogP contribution in [0.2, 0.25) is 0 Å². The Hall–Kier alpha value is -2.09. The molecule has 2 rings (SSSR count). The van der Waals surface area contributed by atoms with E-state index in [1.807, 2.05) is 51.2 Å². The zero-order chi connectivity index (χ0) is 14.5. The number of nitrogens with zero attached hydrogens (tertiary/aromatic N) is 1. The summed E-state index contributed by atoms with van der Waals surface area (Å²) in [4.78, 5) is 14.4. The topological polar surface area (TPSA) is 20.3 Å². The van der Waals surface area contributed by atoms with E-state index in [2.05, 4.69) is 23.1 Å². The van der Waals surface area contributed by atoms with Crippen LogP contribution in [0.4, 0.5) is 5.69 Å². The second-order valence-electron chi connectivity index (χ2n) is 5.31. The van der Waals surface area contributed by atoms with Crippen LogP contribution in [0.15, 0.2) is 48.5 Å². The quantitative estimate of drug-likeness (QED) is 0.763. The SMILES string of the molecule is Cc1cc(C)cc(C(=O)CCN(C)c2ccccc2)c1. The number of hydrogen-bond donors (Lipinski definition) is 0. The summed E-state index contributed by atoms with van der Waals surface area (Å²) in [5.74, 6) is 0.208. The number of ketones is 1. The Kier molecular flexibility index (Phi) is 4.57. The molecule has 0 aliphatic carbocycles. The minimum Gasteiger partial charge on any atom is -0.374 e. The Morgan fingerprint density at radius 2 is 1.60 bits per heavy atom. The Labute approximate surface area is 121 Å². The van der Waals surface area contributed by atoms with Crippen molar-refractivity contribution in [3.05, 3.63) is 65.2 Å². The minimum absolute atomic E-state index is 0.208. The summed E-state index contributed by atoms with van der Waals surface area (Å²) in [5.41, 5.74) is 4.25. The van der Waals surface area contributed by atoms with Crippen LogP contribution in [0, 0.1) is 13.8 Å². The molecule has 0 bridgehead atoms. The molecule has 104 valence electrons. The summed E-state index contributed by atoms with van der Waals surface area (Å²) in [5, 5.41) is 0. The summed E-state index contributed by atoms with van der Waals surface area (Å²) >= 11 is 0. The predicted molar refractivity (Wildman–Crippen MR) is 84.6 cm³/mol. The molecule has 0 aliphatic rings. The molecule has 0 spiro atoms. The van der Waals surface area contributed by atoms with Gasteiger partial charge < -0.3 is 4.90 Å². The fraction of sp³-hybridized carbons (Fsp3) is 0.278. The first-order valence-electron chi connectivity index (χ1n) is 6.94. The van der Waals surface area contributed by atoms with Crippen molar-refractivity contribution in [1.82, 2.24) is 0 Å². The molecule has 2 heteroatoms. The number of hydrogen-bond acceptors (Lipinski definition) is 2. The summed E-state index contributed by atoms with van der Waals surface area (Å²) in [6, 6.07) is 16.2. The van der Waals surface area contributed by atoms with E-state index in [0.29, 0.717) is 6.42 Å². The normalized spacial score (nSPS) is 10.3. The first kappa shape index (κ1) is 14.3. The van der Waals surface area contributed by atoms with E-state index in [1.165, 1.54) is 0 Å². The number of Topliss-reactive ketones (excluding diaryl/α,β-unsaturated/α-hetero) is 1. The lowest BCUT2D eigenvalue weighted by atomic mass is 10.0. The van der Waals surface area contributed by atoms with Crippen LogP contribution in [0.3, 0.4) is 0 Å². The molecule has 20 heavy (non-hydrogen) atoms. The Morgan fingerprint density at radius 3 is 2.20 bits per heavy atom. The van der Waals surface area contributed by atoms with Crippen LogP contribution >= 0.6 is 0 Å². The molecule has 2 nitrogen and oxygen atoms in total. The molecule has 2 aromatic rings. The van der Waals surface area contributed by atoms with E-state index in [0.717, 1.165) is 28.9 Å². The highest BCUT2D eigenvalue weighted by Crippen LogP contribution is 2.14. The van der Waals surface area contributed by atoms with Crippen molar-refractivity contribution in [3.8, 4) is 0 Å². The van der Waals surface area contributed by atoms with Gasteiger partial charge in [-0.3, -0.25) is 4.79 Å². The van der Waals surface area contributed by atoms with E-state index in [9.17, 15) is 4.79 Å². The van der Waals surface area contributed by atoms with Crippen molar-refractivity contribution in [2.75, 3.05) is 18.5 Å². The molecule has 2 aromatic carbocycles. The van der Waals surface area contributed by atoms with Crippen LogP contribution in [0.25, 0.3) is 0 Å². The minimum atomic E-state index is 0.208. The highest BCUT2D eigenvalue weighted by atomic mass is 16.1. The van der Waals surface area contributed by atoms with Crippen molar-refractivity contribution < 1.29 is 4.79 Å². The molecule has 0 aliphatic heterocycles. The number of para-hydroxylation sites is 1. The van der Waals surface area contributed by atoms with Gasteiger partial charge in [-0.2, -0.15) is 0 Å². The zero-order valence-electron chi connectivity index (χ0n) is 12.4. The van der Waals surface area contributed by atoms with Crippen LogP contribution in [-0.4, -0.2) is 19.4 Å². The van der Waals surface area contributed by atoms with Crippen molar-refractivity contribution in [2.45, 2.75) is 20.3 Å². The van der Waals surface area contributed by atoms with Gasteiger partial charge >= 0.3 is 0 Å². The molecule has 0 aromatic heterocycles. The highest BCUT2D eigenvalue weighted by molar-refractivity contribution is 5.96. The van der Waals surface area contributed by atoms with Crippen LogP contribution in [0.5, 0.6) is 0 Å². The Balaban J connectivity index is 1.98. The average Bonchev–Trinajstić information content (AvgIpc) is 2.44. The molecule has 0 atom stereocenters. The van der Waals surface area contributed by atoms with Crippen molar-refractivity contribution in [3.63, 3.8) is 0 Å². The smallest absolute Gasteiger partial charge is 0.164 e. The molecular formula is C18H21NO. The van der Waals surface area contributed by atoms with E-state index in [1.54, 1.807) is 0 Å². The molecule has 0 heterocycles. The number of carbonyl (C=O) groups excluding carboxylic acids is 1. The van der Waals surface area contributed by atoms with Gasteiger partial charge in [0.2, 0.25) is 0 Å². The second kappa shape index (κ2) is 6.38. The number of rotatable bonds is 5. The van der Waals surface area contributed by atoms with E-state index in [4.69, 9.17) is 0 Å². The maximum Gasteiger partial charge on any atom is 0.164 e. The van der Waals surface area contributed by atoms with Crippen molar-refractivity contribution in [2.24, 2.45) is 0 Å². The predicted octanol–water partition coefficient (Wildman–Crippen LogP) is 4.01. The second-order valence-corrected chi connectivity index (χ2v) is 5.31. The van der Waals surface area contributed by atoms with Gasteiger partial charge in [0, 0.05) is 31.3 Å². The number of carbonyl (C=O) groups is 1. The largest absolute Gasteiger partial charge is 0.374 e. The zero-order valence-corrected chi connectivity index (χ0v) is 12.4. The molecule has 0 amide bonds. The van der Waals surface area contributed by atoms with Gasteiger partial charge in [0.25, 0.3) is 0 Å². The van der Waals surface area contributed by atoms with Gasteiger partial charge in [-0.25, -0.2) is 0 Å². The average molecular weight is 267 g/mol. The maximum absolute atomic E-state index is 12.3. The standard InChI is InChI=1S/C18H21NO/c1-14-11-15(2)13-16(12-14)18(20)9-10-19(3)17-7-5-4-6-8-17/h4-8,11-13H,9-10H2,1-3H3. The van der Waals surface area contributed by atoms with Gasteiger partial charge in [0.1, 0.15) is 0 Å². The summed E-state index contributed by atoms with van der Waals surface area (Å²) in [6.45, 7) is 4.79. The lowest BCUT2D eigenvalue weighted by Crippen LogP contribution is -2.21. The maximum atomic E-state index is 12.3. The number of aryl methyl sites for hydroxylation is 2. The van der Waals surface area contributed by atoms with Gasteiger partial charge in [-0.05, 0) is 38.1 Å². The lowest BCUT2D eigenvalue weighted by Gasteiger charge is -2.18. The Morgan fingerprint density at radius 1 is 1.00 bits per heavy atom. The highest BCUT2D eigenvalue weighted by Gasteiger charge is 2.09. The molecular weight excluding hydrogens is 246 g/mol. The molecule has 0 radical (unpaired) electrons. The fourth-order valence-electron chi connectivity index (χ4n) is 2.36. The van der Waals surface area contributed by atoms with Crippen LogP contribution in [0.1, 0.15) is 27.9 Å². The third kappa shape index (κ3) is 3.70. The number of benzene rings is 2. The van der Waals surface area contributed by atoms with Gasteiger partial charge in [0.05, 0.1) is 0 Å². The van der Waals surface area contributed by atoms with Gasteiger partial charge in [-0.1, -0.05) is 35.4 Å². The summed E-state index contributed by atoms with van der Waals surface area (Å²) in [6.07, 6.45) is 0.536. The first-order chi connectivity index (χ1) is 9.56. The molecule has 0 unspecified atom stereocenters. The van der Waals surface area contributed by atoms with Gasteiger partial charge in [0.15, 0.2) is 5.78 Å². The molecule has 0 saturated heterocycles. The Bertz CT molecular complexity index is 569. The van der Waals surface area contributed by atoms with E-state index in [-0.39, 0.29) is 5.78 Å². The van der Waals surface area contributed by atoms with E-state index < -0.39 is 0 Å². The number of anilines is 1.